The summed E-state index contributed by atoms with van der Waals surface area (Å²) in [6.07, 6.45) is -2.42. The van der Waals surface area contributed by atoms with Crippen molar-refractivity contribution >= 4 is 39.4 Å². The van der Waals surface area contributed by atoms with E-state index >= 15 is 0 Å². The number of anilines is 1. The molecule has 4 heterocycles. The molecule has 4 aromatic rings. The van der Waals surface area contributed by atoms with Crippen LogP contribution in [0.1, 0.15) is 67.8 Å². The van der Waals surface area contributed by atoms with E-state index in [2.05, 4.69) is 20.4 Å². The molecule has 2 amide bonds. The molecule has 3 aromatic heterocycles. The number of nitrogens with zero attached hydrogens (tertiary/aromatic N) is 5. The Balaban J connectivity index is 1.08. The van der Waals surface area contributed by atoms with Gasteiger partial charge >= 0.3 is 12.3 Å². The van der Waals surface area contributed by atoms with Crippen LogP contribution < -0.4 is 14.8 Å². The number of carbonyl (C=O) groups excluding carboxylic acids is 1. The smallest absolute Gasteiger partial charge is 0.407 e. The number of aromatic nitrogens is 4. The number of amides is 2. The molecule has 13 nitrogen and oxygen atoms in total. The van der Waals surface area contributed by atoms with Gasteiger partial charge in [-0.15, -0.1) is 5.10 Å². The van der Waals surface area contributed by atoms with Crippen LogP contribution in [0.3, 0.4) is 0 Å². The number of halogens is 4. The Labute approximate surface area is 314 Å². The number of sulfonamides is 1. The highest BCUT2D eigenvalue weighted by Gasteiger charge is 2.62. The number of pyridine rings is 2. The van der Waals surface area contributed by atoms with Crippen molar-refractivity contribution in [1.82, 2.24) is 29.4 Å². The number of ether oxygens (including phenoxy) is 1. The van der Waals surface area contributed by atoms with Crippen LogP contribution in [0.2, 0.25) is 5.15 Å². The van der Waals surface area contributed by atoms with Gasteiger partial charge in [0.25, 0.3) is 15.9 Å². The predicted molar refractivity (Wildman–Crippen MR) is 192 cm³/mol. The molecule has 288 valence electrons. The monoisotopic (exact) mass is 789 g/mol. The van der Waals surface area contributed by atoms with E-state index in [-0.39, 0.29) is 65.9 Å². The minimum atomic E-state index is -4.47. The lowest BCUT2D eigenvalue weighted by Crippen LogP contribution is -2.41. The maximum absolute atomic E-state index is 13.3. The van der Waals surface area contributed by atoms with E-state index in [1.165, 1.54) is 46.1 Å². The number of likely N-dealkylation sites (tertiary alicyclic amines) is 1. The molecule has 1 saturated carbocycles. The van der Waals surface area contributed by atoms with Crippen molar-refractivity contribution in [3.05, 3.63) is 89.2 Å². The summed E-state index contributed by atoms with van der Waals surface area (Å²) in [4.78, 5) is 34.8. The van der Waals surface area contributed by atoms with Gasteiger partial charge in [-0.25, -0.2) is 24.2 Å². The molecule has 18 heteroatoms. The normalized spacial score (nSPS) is 18.2. The van der Waals surface area contributed by atoms with E-state index in [0.29, 0.717) is 25.9 Å². The second-order valence-corrected chi connectivity index (χ2v) is 16.3. The Kier molecular flexibility index (Phi) is 10.8. The molecular formula is C36H39ClF3N7O6S. The van der Waals surface area contributed by atoms with E-state index in [1.807, 2.05) is 48.9 Å². The van der Waals surface area contributed by atoms with Crippen LogP contribution in [0.5, 0.6) is 5.88 Å². The molecule has 2 unspecified atom stereocenters. The first kappa shape index (κ1) is 38.8. The first-order chi connectivity index (χ1) is 25.5. The first-order valence-electron chi connectivity index (χ1n) is 17.2. The van der Waals surface area contributed by atoms with E-state index in [1.54, 1.807) is 6.07 Å². The van der Waals surface area contributed by atoms with Gasteiger partial charge in [0.05, 0.1) is 17.6 Å². The zero-order valence-corrected chi connectivity index (χ0v) is 31.0. The van der Waals surface area contributed by atoms with Crippen molar-refractivity contribution < 1.29 is 41.0 Å². The summed E-state index contributed by atoms with van der Waals surface area (Å²) in [6, 6.07) is 18.1. The van der Waals surface area contributed by atoms with Crippen molar-refractivity contribution in [2.24, 2.45) is 11.3 Å². The molecule has 1 aliphatic heterocycles. The Bertz CT molecular complexity index is 2110. The van der Waals surface area contributed by atoms with Gasteiger partial charge in [0.2, 0.25) is 5.88 Å². The molecule has 0 bridgehead atoms. The third kappa shape index (κ3) is 8.73. The molecule has 54 heavy (non-hydrogen) atoms. The largest absolute Gasteiger partial charge is 0.477 e. The van der Waals surface area contributed by atoms with Crippen LogP contribution in [0.4, 0.5) is 23.8 Å². The Morgan fingerprint density at radius 3 is 2.44 bits per heavy atom. The maximum Gasteiger partial charge on any atom is 0.407 e. The number of carbonyl (C=O) groups is 2. The van der Waals surface area contributed by atoms with Crippen LogP contribution in [0, 0.1) is 11.3 Å². The quantitative estimate of drug-likeness (QED) is 0.114. The fourth-order valence-electron chi connectivity index (χ4n) is 6.88. The van der Waals surface area contributed by atoms with Crippen molar-refractivity contribution in [3.63, 3.8) is 0 Å². The van der Waals surface area contributed by atoms with Crippen molar-refractivity contribution in [1.29, 1.82) is 0 Å². The number of hydrogen-bond donors (Lipinski definition) is 3. The van der Waals surface area contributed by atoms with Crippen LogP contribution >= 0.6 is 11.6 Å². The second-order valence-electron chi connectivity index (χ2n) is 14.3. The number of rotatable bonds is 14. The summed E-state index contributed by atoms with van der Waals surface area (Å²) in [5.74, 6) is -0.513. The fraction of sp³-hybridized carbons (Fsp3) is 0.417. The minimum absolute atomic E-state index is 0.0425. The average Bonchev–Trinajstić information content (AvgIpc) is 3.66. The molecule has 1 aliphatic carbocycles. The third-order valence-electron chi connectivity index (χ3n) is 10.00. The molecular weight excluding hydrogens is 751 g/mol. The Morgan fingerprint density at radius 1 is 1.06 bits per heavy atom. The van der Waals surface area contributed by atoms with E-state index in [0.717, 1.165) is 5.56 Å². The molecule has 6 rings (SSSR count). The van der Waals surface area contributed by atoms with Crippen molar-refractivity contribution in [2.45, 2.75) is 68.6 Å². The van der Waals surface area contributed by atoms with Crippen LogP contribution in [-0.4, -0.2) is 81.6 Å². The number of benzene rings is 1. The molecule has 2 fully saturated rings. The maximum atomic E-state index is 13.3. The highest BCUT2D eigenvalue weighted by molar-refractivity contribution is 7.90. The molecule has 1 saturated heterocycles. The van der Waals surface area contributed by atoms with Gasteiger partial charge in [-0.2, -0.15) is 21.6 Å². The summed E-state index contributed by atoms with van der Waals surface area (Å²) in [5, 5.41) is 16.3. The second kappa shape index (κ2) is 15.1. The molecule has 2 atom stereocenters. The lowest BCUT2D eigenvalue weighted by atomic mass is 9.85. The topological polar surface area (TPSA) is 169 Å². The van der Waals surface area contributed by atoms with E-state index < -0.39 is 44.2 Å². The summed E-state index contributed by atoms with van der Waals surface area (Å²) >= 11 is 6.28. The van der Waals surface area contributed by atoms with Gasteiger partial charge in [-0.05, 0) is 81.7 Å². The fourth-order valence-corrected chi connectivity index (χ4v) is 8.05. The summed E-state index contributed by atoms with van der Waals surface area (Å²) in [6.45, 7) is 4.45. The summed E-state index contributed by atoms with van der Waals surface area (Å²) < 4.78 is 74.8. The Hall–Kier alpha value is -4.90. The summed E-state index contributed by atoms with van der Waals surface area (Å²) in [7, 11) is -4.47. The van der Waals surface area contributed by atoms with E-state index in [9.17, 15) is 36.3 Å². The van der Waals surface area contributed by atoms with Gasteiger partial charge in [0.1, 0.15) is 11.0 Å². The van der Waals surface area contributed by atoms with Gasteiger partial charge in [-0.1, -0.05) is 48.0 Å². The number of nitrogens with one attached hydrogen (secondary N) is 2. The summed E-state index contributed by atoms with van der Waals surface area (Å²) in [5.41, 5.74) is -1.39. The van der Waals surface area contributed by atoms with Crippen molar-refractivity contribution in [3.8, 4) is 11.7 Å². The van der Waals surface area contributed by atoms with Crippen LogP contribution in [-0.2, 0) is 10.0 Å². The lowest BCUT2D eigenvalue weighted by molar-refractivity contribution is -0.190. The predicted octanol–water partition coefficient (Wildman–Crippen LogP) is 6.91. The molecule has 2 aliphatic rings. The van der Waals surface area contributed by atoms with Crippen LogP contribution in [0.25, 0.3) is 5.82 Å². The van der Waals surface area contributed by atoms with E-state index in [4.69, 9.17) is 16.3 Å². The molecule has 1 aromatic carbocycles. The zero-order valence-electron chi connectivity index (χ0n) is 29.4. The number of carboxylic acid groups (broad SMARTS) is 1. The SMILES string of the molecule is CC1(C)CC(CC(CNc2cccc(S(=O)(=O)NC(=O)c3ccc(-n4ccc(OCCC5(C(F)(F)F)CC5)n4)nc3Cl)n2)c2ccccc2)CN1C(=O)O. The molecule has 3 N–H and O–H groups in total. The highest BCUT2D eigenvalue weighted by Crippen LogP contribution is 2.59. The van der Waals surface area contributed by atoms with Gasteiger partial charge in [0, 0.05) is 36.8 Å². The first-order valence-corrected chi connectivity index (χ1v) is 19.1. The standard InChI is InChI=1S/C36H39ClF3N7O6S/c1-34(2)20-23(22-46(34)33(49)50)19-25(24-7-4-3-5-8-24)21-41-27-9-6-10-30(42-27)54(51,52)45-32(48)26-11-12-28(43-31(26)37)47-17-13-29(44-47)53-18-16-35(14-15-35)36(38,39)40/h3-13,17,23,25H,14-16,18-22H2,1-2H3,(H,41,42)(H,45,48)(H,49,50). The minimum Gasteiger partial charge on any atom is -0.477 e. The number of hydrogen-bond acceptors (Lipinski definition) is 9. The highest BCUT2D eigenvalue weighted by atomic mass is 35.5. The third-order valence-corrected chi connectivity index (χ3v) is 11.5. The lowest BCUT2D eigenvalue weighted by Gasteiger charge is -2.28. The number of alkyl halides is 3. The van der Waals surface area contributed by atoms with Crippen LogP contribution in [0.15, 0.2) is 78.0 Å². The van der Waals surface area contributed by atoms with Gasteiger partial charge in [0.15, 0.2) is 10.8 Å². The van der Waals surface area contributed by atoms with Gasteiger partial charge < -0.3 is 20.1 Å². The Morgan fingerprint density at radius 2 is 1.80 bits per heavy atom. The molecule has 0 radical (unpaired) electrons. The van der Waals surface area contributed by atoms with Crippen molar-refractivity contribution in [2.75, 3.05) is 25.0 Å². The molecule has 0 spiro atoms. The average molecular weight is 790 g/mol. The zero-order chi connectivity index (χ0) is 38.9. The van der Waals surface area contributed by atoms with Gasteiger partial charge in [-0.3, -0.25) is 4.79 Å².